The molecule has 2 aromatic heterocycles. The van der Waals surface area contributed by atoms with E-state index >= 15 is 0 Å². The number of aliphatic hydroxyl groups excluding tert-OH is 2. The fraction of sp³-hybridized carbons (Fsp3) is 0.667. The molecule has 4 heterocycles. The van der Waals surface area contributed by atoms with E-state index in [9.17, 15) is 33.9 Å². The van der Waals surface area contributed by atoms with Crippen LogP contribution in [0.1, 0.15) is 25.3 Å². The zero-order valence-corrected chi connectivity index (χ0v) is 17.9. The second-order valence-corrected chi connectivity index (χ2v) is 10.5. The van der Waals surface area contributed by atoms with Crippen LogP contribution in [0.15, 0.2) is 17.4 Å². The SMILES string of the molecule is O=c1c2ncn3c2ncn1[C@@H]1C[C@H](COP(=O)(O)OP(=O)(O)OCCCC3)[C@@H](O)[C@H]1O. The van der Waals surface area contributed by atoms with Gasteiger partial charge in [-0.15, -0.1) is 0 Å². The Kier molecular flexibility index (Phi) is 6.21. The summed E-state index contributed by atoms with van der Waals surface area (Å²) in [6.07, 6.45) is 0.676. The van der Waals surface area contributed by atoms with Crippen molar-refractivity contribution in [3.63, 3.8) is 0 Å². The first-order chi connectivity index (χ1) is 14.6. The summed E-state index contributed by atoms with van der Waals surface area (Å²) in [6.45, 7) is -0.446. The number of phosphoric acid groups is 2. The maximum absolute atomic E-state index is 12.9. The van der Waals surface area contributed by atoms with Crippen LogP contribution in [0.3, 0.4) is 0 Å². The fourth-order valence-corrected chi connectivity index (χ4v) is 5.99. The molecule has 0 saturated heterocycles. The quantitative estimate of drug-likeness (QED) is 0.367. The summed E-state index contributed by atoms with van der Waals surface area (Å²) in [6, 6.07) is -0.886. The minimum absolute atomic E-state index is 0.00339. The lowest BCUT2D eigenvalue weighted by molar-refractivity contribution is -0.00458. The second kappa shape index (κ2) is 8.47. The number of phosphoric ester groups is 2. The standard InChI is InChI=1S/C15H22N4O10P2/c20-12-9-5-10(13(12)21)19-8-17-14-11(15(19)22)16-7-18(14)3-1-2-4-27-30(23,24)29-31(25,26)28-6-9/h7-10,12-13,20-21H,1-6H2,(H,23,24)(H,25,26)/t9-,10-,12-,13+/m1/s1. The summed E-state index contributed by atoms with van der Waals surface area (Å²) in [7, 11) is -9.88. The molecule has 0 amide bonds. The maximum Gasteiger partial charge on any atom is 0.481 e. The minimum Gasteiger partial charge on any atom is -0.390 e. The zero-order valence-electron chi connectivity index (χ0n) is 16.1. The number of fused-ring (bicyclic) bond motifs is 10. The van der Waals surface area contributed by atoms with Gasteiger partial charge in [-0.1, -0.05) is 0 Å². The van der Waals surface area contributed by atoms with Crippen LogP contribution in [0.5, 0.6) is 0 Å². The third-order valence-corrected chi connectivity index (χ3v) is 8.02. The molecule has 1 saturated carbocycles. The average Bonchev–Trinajstić information content (AvgIpc) is 3.21. The molecule has 0 aromatic carbocycles. The molecule has 0 spiro atoms. The number of aryl methyl sites for hydroxylation is 1. The van der Waals surface area contributed by atoms with E-state index < -0.39 is 52.0 Å². The van der Waals surface area contributed by atoms with Crippen molar-refractivity contribution in [1.29, 1.82) is 0 Å². The van der Waals surface area contributed by atoms with Gasteiger partial charge in [-0.05, 0) is 19.3 Å². The van der Waals surface area contributed by atoms with Gasteiger partial charge in [0.2, 0.25) is 0 Å². The largest absolute Gasteiger partial charge is 0.481 e. The molecular formula is C15H22N4O10P2. The summed E-state index contributed by atoms with van der Waals surface area (Å²) in [5, 5.41) is 20.8. The Morgan fingerprint density at radius 2 is 1.77 bits per heavy atom. The van der Waals surface area contributed by atoms with Crippen molar-refractivity contribution in [2.45, 2.75) is 44.1 Å². The highest BCUT2D eigenvalue weighted by atomic mass is 31.3. The Morgan fingerprint density at radius 1 is 1.03 bits per heavy atom. The number of imidazole rings is 1. The zero-order chi connectivity index (χ0) is 22.4. The second-order valence-electron chi connectivity index (χ2n) is 7.47. The van der Waals surface area contributed by atoms with Crippen LogP contribution in [-0.2, 0) is 29.0 Å². The molecule has 2 aliphatic heterocycles. The van der Waals surface area contributed by atoms with Crippen LogP contribution in [0.4, 0.5) is 0 Å². The van der Waals surface area contributed by atoms with Crippen LogP contribution in [0.2, 0.25) is 0 Å². The third kappa shape index (κ3) is 4.68. The molecule has 16 heteroatoms. The molecule has 172 valence electrons. The van der Waals surface area contributed by atoms with E-state index in [1.807, 2.05) is 0 Å². The van der Waals surface area contributed by atoms with Gasteiger partial charge in [-0.25, -0.2) is 19.1 Å². The Labute approximate surface area is 175 Å². The first-order valence-electron chi connectivity index (χ1n) is 9.52. The van der Waals surface area contributed by atoms with E-state index in [1.54, 1.807) is 4.57 Å². The van der Waals surface area contributed by atoms with Gasteiger partial charge in [0.1, 0.15) is 12.4 Å². The molecule has 1 fully saturated rings. The van der Waals surface area contributed by atoms with Crippen molar-refractivity contribution in [2.24, 2.45) is 5.92 Å². The molecule has 0 radical (unpaired) electrons. The lowest BCUT2D eigenvalue weighted by Crippen LogP contribution is -2.34. The monoisotopic (exact) mass is 480 g/mol. The van der Waals surface area contributed by atoms with Crippen LogP contribution < -0.4 is 5.56 Å². The molecule has 31 heavy (non-hydrogen) atoms. The predicted molar refractivity (Wildman–Crippen MR) is 103 cm³/mol. The van der Waals surface area contributed by atoms with E-state index in [-0.39, 0.29) is 18.5 Å². The van der Waals surface area contributed by atoms with Gasteiger partial charge in [0.15, 0.2) is 11.2 Å². The number of hydrogen-bond donors (Lipinski definition) is 4. The molecule has 6 bridgehead atoms. The maximum atomic E-state index is 12.9. The number of nitrogens with zero attached hydrogens (tertiary/aromatic N) is 4. The van der Waals surface area contributed by atoms with Gasteiger partial charge >= 0.3 is 15.6 Å². The summed E-state index contributed by atoms with van der Waals surface area (Å²) < 4.78 is 40.5. The van der Waals surface area contributed by atoms with Gasteiger partial charge in [0, 0.05) is 12.5 Å². The van der Waals surface area contributed by atoms with Gasteiger partial charge in [0.25, 0.3) is 5.56 Å². The van der Waals surface area contributed by atoms with Crippen LogP contribution in [-0.4, -0.2) is 64.5 Å². The lowest BCUT2D eigenvalue weighted by atomic mass is 10.1. The highest BCUT2D eigenvalue weighted by Crippen LogP contribution is 2.60. The molecule has 2 unspecified atom stereocenters. The highest BCUT2D eigenvalue weighted by Gasteiger charge is 2.45. The Hall–Kier alpha value is -1.47. The molecule has 4 N–H and O–H groups in total. The Balaban J connectivity index is 1.68. The predicted octanol–water partition coefficient (Wildman–Crippen LogP) is -0.0798. The van der Waals surface area contributed by atoms with Crippen LogP contribution >= 0.6 is 15.6 Å². The van der Waals surface area contributed by atoms with Crippen molar-refractivity contribution in [2.75, 3.05) is 13.2 Å². The Morgan fingerprint density at radius 3 is 2.55 bits per heavy atom. The fourth-order valence-electron chi connectivity index (χ4n) is 3.83. The Bertz CT molecular complexity index is 1120. The van der Waals surface area contributed by atoms with Crippen LogP contribution in [0, 0.1) is 5.92 Å². The number of aliphatic hydroxyl groups is 2. The minimum atomic E-state index is -5.01. The average molecular weight is 480 g/mol. The van der Waals surface area contributed by atoms with Crippen molar-refractivity contribution >= 4 is 26.8 Å². The van der Waals surface area contributed by atoms with E-state index in [4.69, 9.17) is 9.05 Å². The third-order valence-electron chi connectivity index (χ3n) is 5.39. The molecule has 14 nitrogen and oxygen atoms in total. The summed E-state index contributed by atoms with van der Waals surface area (Å²) in [5.41, 5.74) is -0.0636. The first-order valence-corrected chi connectivity index (χ1v) is 12.5. The molecule has 5 rings (SSSR count). The smallest absolute Gasteiger partial charge is 0.390 e. The number of aromatic nitrogens is 4. The topological polar surface area (TPSA) is 195 Å². The van der Waals surface area contributed by atoms with Gasteiger partial charge in [-0.2, -0.15) is 4.31 Å². The molecule has 2 aromatic rings. The van der Waals surface area contributed by atoms with Crippen LogP contribution in [0.25, 0.3) is 11.2 Å². The van der Waals surface area contributed by atoms with Crippen molar-refractivity contribution in [1.82, 2.24) is 19.1 Å². The first kappa shape index (κ1) is 22.7. The highest BCUT2D eigenvalue weighted by molar-refractivity contribution is 7.61. The lowest BCUT2D eigenvalue weighted by Gasteiger charge is -2.19. The normalized spacial score (nSPS) is 37.8. The van der Waals surface area contributed by atoms with Crippen molar-refractivity contribution in [3.05, 3.63) is 23.0 Å². The molecular weight excluding hydrogens is 458 g/mol. The van der Waals surface area contributed by atoms with Crippen molar-refractivity contribution in [3.8, 4) is 0 Å². The van der Waals surface area contributed by atoms with E-state index in [1.165, 1.54) is 17.2 Å². The number of rotatable bonds is 0. The summed E-state index contributed by atoms with van der Waals surface area (Å²) >= 11 is 0. The number of hydrogen-bond acceptors (Lipinski definition) is 10. The van der Waals surface area contributed by atoms with E-state index in [0.717, 1.165) is 0 Å². The molecule has 1 aliphatic carbocycles. The van der Waals surface area contributed by atoms with E-state index in [2.05, 4.69) is 14.3 Å². The van der Waals surface area contributed by atoms with E-state index in [0.29, 0.717) is 25.0 Å². The molecule has 6 atom stereocenters. The van der Waals surface area contributed by atoms with Gasteiger partial charge in [-0.3, -0.25) is 18.4 Å². The van der Waals surface area contributed by atoms with Gasteiger partial charge in [0.05, 0.1) is 31.7 Å². The summed E-state index contributed by atoms with van der Waals surface area (Å²) in [5.74, 6) is -0.873. The molecule has 3 aliphatic rings. The van der Waals surface area contributed by atoms with Gasteiger partial charge < -0.3 is 24.6 Å². The summed E-state index contributed by atoms with van der Waals surface area (Å²) in [4.78, 5) is 40.7. The van der Waals surface area contributed by atoms with Crippen molar-refractivity contribution < 1.29 is 42.5 Å².